The molecular weight excluding hydrogens is 256 g/mol. The van der Waals surface area contributed by atoms with Crippen LogP contribution in [0.2, 0.25) is 0 Å². The number of aliphatic carboxylic acids is 1. The molecule has 5 heteroatoms. The van der Waals surface area contributed by atoms with Gasteiger partial charge in [-0.05, 0) is 49.9 Å². The van der Waals surface area contributed by atoms with E-state index < -0.39 is 11.4 Å². The second kappa shape index (κ2) is 4.93. The number of carboxylic acids is 1. The van der Waals surface area contributed by atoms with Gasteiger partial charge in [0.05, 0.1) is 5.41 Å². The Labute approximate surface area is 119 Å². The first-order chi connectivity index (χ1) is 9.56. The number of nitrogens with one attached hydrogen (secondary N) is 2. The van der Waals surface area contributed by atoms with Gasteiger partial charge in [0.15, 0.2) is 0 Å². The van der Waals surface area contributed by atoms with Gasteiger partial charge < -0.3 is 15.7 Å². The molecule has 0 heterocycles. The van der Waals surface area contributed by atoms with Crippen molar-refractivity contribution in [2.45, 2.75) is 51.4 Å². The number of carbonyl (C=O) groups is 2. The Kier molecular flexibility index (Phi) is 3.38. The number of hydrogen-bond donors (Lipinski definition) is 3. The van der Waals surface area contributed by atoms with Crippen LogP contribution >= 0.6 is 0 Å². The van der Waals surface area contributed by atoms with Crippen molar-refractivity contribution in [2.24, 2.45) is 16.7 Å². The monoisotopic (exact) mass is 280 g/mol. The van der Waals surface area contributed by atoms with Crippen LogP contribution in [0.1, 0.15) is 51.4 Å². The Morgan fingerprint density at radius 3 is 2.10 bits per heavy atom. The van der Waals surface area contributed by atoms with Crippen LogP contribution in [0.15, 0.2) is 0 Å². The second-order valence-electron chi connectivity index (χ2n) is 6.97. The minimum atomic E-state index is -0.771. The first-order valence-corrected chi connectivity index (χ1v) is 7.82. The lowest BCUT2D eigenvalue weighted by molar-refractivity contribution is -0.148. The van der Waals surface area contributed by atoms with Gasteiger partial charge in [0.25, 0.3) is 0 Å². The molecule has 0 saturated heterocycles. The molecule has 20 heavy (non-hydrogen) atoms. The summed E-state index contributed by atoms with van der Waals surface area (Å²) < 4.78 is 0. The maximum Gasteiger partial charge on any atom is 0.314 e. The molecule has 0 unspecified atom stereocenters. The fourth-order valence-corrected chi connectivity index (χ4v) is 3.67. The quantitative estimate of drug-likeness (QED) is 0.697. The summed E-state index contributed by atoms with van der Waals surface area (Å²) in [5, 5.41) is 15.1. The maximum absolute atomic E-state index is 11.9. The number of amides is 2. The summed E-state index contributed by atoms with van der Waals surface area (Å²) in [5.74, 6) is 0.0509. The van der Waals surface area contributed by atoms with Crippen LogP contribution in [-0.4, -0.2) is 30.2 Å². The number of carboxylic acid groups (broad SMARTS) is 1. The predicted molar refractivity (Wildman–Crippen MR) is 74.3 cm³/mol. The number of carbonyl (C=O) groups excluding carboxylic acids is 1. The van der Waals surface area contributed by atoms with Gasteiger partial charge >= 0.3 is 12.0 Å². The van der Waals surface area contributed by atoms with Gasteiger partial charge in [0, 0.05) is 13.1 Å². The van der Waals surface area contributed by atoms with Gasteiger partial charge in [0.1, 0.15) is 0 Å². The average Bonchev–Trinajstić information content (AvgIpc) is 3.32. The smallest absolute Gasteiger partial charge is 0.314 e. The van der Waals surface area contributed by atoms with Crippen LogP contribution in [0.4, 0.5) is 4.79 Å². The third kappa shape index (κ3) is 2.63. The molecule has 0 bridgehead atoms. The van der Waals surface area contributed by atoms with E-state index in [0.717, 1.165) is 25.3 Å². The van der Waals surface area contributed by atoms with Crippen molar-refractivity contribution in [3.05, 3.63) is 0 Å². The minimum Gasteiger partial charge on any atom is -0.481 e. The zero-order valence-corrected chi connectivity index (χ0v) is 11.9. The molecule has 112 valence electrons. The first-order valence-electron chi connectivity index (χ1n) is 7.82. The first kappa shape index (κ1) is 13.7. The number of rotatable bonds is 6. The highest BCUT2D eigenvalue weighted by Crippen LogP contribution is 2.60. The van der Waals surface area contributed by atoms with E-state index in [9.17, 15) is 14.7 Å². The van der Waals surface area contributed by atoms with Crippen molar-refractivity contribution in [3.8, 4) is 0 Å². The van der Waals surface area contributed by atoms with Crippen LogP contribution in [0.3, 0.4) is 0 Å². The Morgan fingerprint density at radius 2 is 1.60 bits per heavy atom. The summed E-state index contributed by atoms with van der Waals surface area (Å²) in [7, 11) is 0. The normalized spacial score (nSPS) is 26.0. The number of urea groups is 1. The van der Waals surface area contributed by atoms with Gasteiger partial charge in [0.2, 0.25) is 0 Å². The van der Waals surface area contributed by atoms with Gasteiger partial charge in [-0.15, -0.1) is 0 Å². The van der Waals surface area contributed by atoms with E-state index in [1.807, 2.05) is 0 Å². The fraction of sp³-hybridized carbons (Fsp3) is 0.867. The Bertz CT molecular complexity index is 407. The lowest BCUT2D eigenvalue weighted by Gasteiger charge is -2.24. The minimum absolute atomic E-state index is 0.204. The molecule has 0 aromatic carbocycles. The van der Waals surface area contributed by atoms with Gasteiger partial charge in [-0.25, -0.2) is 4.79 Å². The third-order valence-corrected chi connectivity index (χ3v) is 5.54. The van der Waals surface area contributed by atoms with Crippen molar-refractivity contribution in [1.82, 2.24) is 10.6 Å². The largest absolute Gasteiger partial charge is 0.481 e. The summed E-state index contributed by atoms with van der Waals surface area (Å²) >= 11 is 0. The molecule has 3 saturated carbocycles. The van der Waals surface area contributed by atoms with Crippen molar-refractivity contribution < 1.29 is 14.7 Å². The molecule has 3 rings (SSSR count). The van der Waals surface area contributed by atoms with Gasteiger partial charge in [-0.1, -0.05) is 12.8 Å². The third-order valence-electron chi connectivity index (χ3n) is 5.54. The molecule has 0 aliphatic heterocycles. The molecule has 0 aromatic rings. The molecule has 0 atom stereocenters. The molecule has 0 radical (unpaired) electrons. The molecule has 5 nitrogen and oxygen atoms in total. The van der Waals surface area contributed by atoms with E-state index in [1.165, 1.54) is 25.7 Å². The summed E-state index contributed by atoms with van der Waals surface area (Å²) in [6.07, 6.45) is 8.33. The van der Waals surface area contributed by atoms with E-state index >= 15 is 0 Å². The second-order valence-corrected chi connectivity index (χ2v) is 6.97. The van der Waals surface area contributed by atoms with Crippen LogP contribution < -0.4 is 10.6 Å². The van der Waals surface area contributed by atoms with Crippen molar-refractivity contribution in [3.63, 3.8) is 0 Å². The van der Waals surface area contributed by atoms with E-state index in [2.05, 4.69) is 10.6 Å². The van der Waals surface area contributed by atoms with E-state index in [1.54, 1.807) is 0 Å². The lowest BCUT2D eigenvalue weighted by atomic mass is 9.86. The Morgan fingerprint density at radius 1 is 1.00 bits per heavy atom. The van der Waals surface area contributed by atoms with E-state index in [-0.39, 0.29) is 12.6 Å². The fourth-order valence-electron chi connectivity index (χ4n) is 3.67. The zero-order valence-electron chi connectivity index (χ0n) is 11.9. The molecule has 0 spiro atoms. The van der Waals surface area contributed by atoms with Crippen LogP contribution in [0, 0.1) is 16.7 Å². The molecular formula is C15H24N2O3. The van der Waals surface area contributed by atoms with E-state index in [4.69, 9.17) is 0 Å². The van der Waals surface area contributed by atoms with Crippen molar-refractivity contribution >= 4 is 12.0 Å². The molecule has 0 aromatic heterocycles. The average molecular weight is 280 g/mol. The SMILES string of the molecule is O=C(NCC1(C(=O)O)CCCC1)NCC1(C2CC2)CC1. The van der Waals surface area contributed by atoms with Crippen LogP contribution in [0.25, 0.3) is 0 Å². The maximum atomic E-state index is 11.9. The van der Waals surface area contributed by atoms with Crippen molar-refractivity contribution in [1.29, 1.82) is 0 Å². The Hall–Kier alpha value is -1.26. The molecule has 3 N–H and O–H groups in total. The summed E-state index contributed by atoms with van der Waals surface area (Å²) in [6, 6.07) is -0.204. The highest BCUT2D eigenvalue weighted by molar-refractivity contribution is 5.78. The zero-order chi connectivity index (χ0) is 14.2. The highest BCUT2D eigenvalue weighted by atomic mass is 16.4. The molecule has 3 fully saturated rings. The summed E-state index contributed by atoms with van der Waals surface area (Å²) in [4.78, 5) is 23.3. The van der Waals surface area contributed by atoms with E-state index in [0.29, 0.717) is 18.3 Å². The number of hydrogen-bond acceptors (Lipinski definition) is 2. The van der Waals surface area contributed by atoms with Gasteiger partial charge in [-0.2, -0.15) is 0 Å². The lowest BCUT2D eigenvalue weighted by Crippen LogP contribution is -2.46. The standard InChI is InChI=1S/C15H24N2O3/c18-12(19)15(5-1-2-6-15)10-17-13(20)16-9-14(7-8-14)11-3-4-11/h11H,1-10H2,(H,18,19)(H2,16,17,20). The highest BCUT2D eigenvalue weighted by Gasteiger charge is 2.53. The van der Waals surface area contributed by atoms with Crippen molar-refractivity contribution in [2.75, 3.05) is 13.1 Å². The predicted octanol–water partition coefficient (Wildman–Crippen LogP) is 2.12. The topological polar surface area (TPSA) is 78.4 Å². The molecule has 2 amide bonds. The van der Waals surface area contributed by atoms with Gasteiger partial charge in [-0.3, -0.25) is 4.79 Å². The molecule has 3 aliphatic carbocycles. The molecule has 3 aliphatic rings. The Balaban J connectivity index is 1.43. The van der Waals surface area contributed by atoms with Crippen LogP contribution in [0.5, 0.6) is 0 Å². The summed E-state index contributed by atoms with van der Waals surface area (Å²) in [5.41, 5.74) is -0.347. The van der Waals surface area contributed by atoms with Crippen LogP contribution in [-0.2, 0) is 4.79 Å². The summed E-state index contributed by atoms with van der Waals surface area (Å²) in [6.45, 7) is 1.01.